The highest BCUT2D eigenvalue weighted by Gasteiger charge is 2.29. The van der Waals surface area contributed by atoms with Gasteiger partial charge in [-0.25, -0.2) is 18.5 Å². The zero-order valence-electron chi connectivity index (χ0n) is 8.29. The normalized spacial score (nSPS) is 15.8. The van der Waals surface area contributed by atoms with Crippen LogP contribution in [0.4, 0.5) is 0 Å². The standard InChI is InChI=1S/C9H10N2O4S/c10-16(13,14)9-8(15-7-1-2-7)6(5-12)3-4-11-9/h3-5,7H,1-2H2,(H2,10,13,14). The van der Waals surface area contributed by atoms with Gasteiger partial charge in [-0.1, -0.05) is 0 Å². The van der Waals surface area contributed by atoms with Gasteiger partial charge in [0.05, 0.1) is 11.7 Å². The van der Waals surface area contributed by atoms with E-state index < -0.39 is 10.0 Å². The summed E-state index contributed by atoms with van der Waals surface area (Å²) in [6.07, 6.45) is 3.38. The second-order valence-corrected chi connectivity index (χ2v) is 4.99. The fourth-order valence-electron chi connectivity index (χ4n) is 1.21. The Labute approximate surface area is 92.5 Å². The number of nitrogens with two attached hydrogens (primary N) is 1. The molecule has 1 aliphatic rings. The van der Waals surface area contributed by atoms with Crippen LogP contribution in [0.15, 0.2) is 17.3 Å². The Morgan fingerprint density at radius 1 is 1.50 bits per heavy atom. The maximum absolute atomic E-state index is 11.2. The number of primary sulfonamides is 1. The molecule has 86 valence electrons. The molecule has 16 heavy (non-hydrogen) atoms. The minimum absolute atomic E-state index is 0.0385. The van der Waals surface area contributed by atoms with E-state index in [0.717, 1.165) is 12.8 Å². The number of hydrogen-bond donors (Lipinski definition) is 1. The van der Waals surface area contributed by atoms with Crippen LogP contribution in [0.1, 0.15) is 23.2 Å². The summed E-state index contributed by atoms with van der Waals surface area (Å²) in [4.78, 5) is 14.4. The molecule has 0 aliphatic heterocycles. The molecule has 1 aromatic heterocycles. The lowest BCUT2D eigenvalue weighted by atomic mass is 10.3. The van der Waals surface area contributed by atoms with Crippen LogP contribution in [0.2, 0.25) is 0 Å². The summed E-state index contributed by atoms with van der Waals surface area (Å²) in [6.45, 7) is 0. The van der Waals surface area contributed by atoms with Crippen molar-refractivity contribution in [3.05, 3.63) is 17.8 Å². The van der Waals surface area contributed by atoms with Crippen LogP contribution in [0, 0.1) is 0 Å². The SMILES string of the molecule is NS(=O)(=O)c1nccc(C=O)c1OC1CC1. The van der Waals surface area contributed by atoms with Crippen molar-refractivity contribution < 1.29 is 17.9 Å². The molecule has 1 aromatic rings. The topological polar surface area (TPSA) is 99.4 Å². The van der Waals surface area contributed by atoms with E-state index in [2.05, 4.69) is 4.98 Å². The molecular formula is C9H10N2O4S. The highest BCUT2D eigenvalue weighted by Crippen LogP contribution is 2.31. The number of aromatic nitrogens is 1. The van der Waals surface area contributed by atoms with E-state index in [0.29, 0.717) is 6.29 Å². The van der Waals surface area contributed by atoms with Gasteiger partial charge in [0.1, 0.15) is 0 Å². The van der Waals surface area contributed by atoms with Gasteiger partial charge < -0.3 is 4.74 Å². The largest absolute Gasteiger partial charge is 0.487 e. The zero-order chi connectivity index (χ0) is 11.8. The first-order chi connectivity index (χ1) is 7.52. The van der Waals surface area contributed by atoms with Crippen LogP contribution < -0.4 is 9.88 Å². The Hall–Kier alpha value is -1.47. The Morgan fingerprint density at radius 2 is 2.19 bits per heavy atom. The summed E-state index contributed by atoms with van der Waals surface area (Å²) in [5.74, 6) is -0.0394. The molecule has 7 heteroatoms. The molecule has 1 heterocycles. The van der Waals surface area contributed by atoms with Crippen LogP contribution in [0.3, 0.4) is 0 Å². The van der Waals surface area contributed by atoms with Crippen molar-refractivity contribution in [3.8, 4) is 5.75 Å². The molecule has 0 atom stereocenters. The maximum Gasteiger partial charge on any atom is 0.259 e. The van der Waals surface area contributed by atoms with Crippen LogP contribution in [-0.4, -0.2) is 25.8 Å². The van der Waals surface area contributed by atoms with E-state index >= 15 is 0 Å². The molecule has 0 unspecified atom stereocenters. The van der Waals surface area contributed by atoms with Gasteiger partial charge in [-0.3, -0.25) is 4.79 Å². The minimum Gasteiger partial charge on any atom is -0.487 e. The third-order valence-electron chi connectivity index (χ3n) is 2.11. The van der Waals surface area contributed by atoms with E-state index in [1.165, 1.54) is 12.3 Å². The first kappa shape index (κ1) is 11.0. The maximum atomic E-state index is 11.2. The van der Waals surface area contributed by atoms with Crippen molar-refractivity contribution in [3.63, 3.8) is 0 Å². The second-order valence-electron chi connectivity index (χ2n) is 3.51. The summed E-state index contributed by atoms with van der Waals surface area (Å²) < 4.78 is 27.8. The number of ether oxygens (including phenoxy) is 1. The van der Waals surface area contributed by atoms with Crippen LogP contribution in [0.25, 0.3) is 0 Å². The molecule has 1 fully saturated rings. The van der Waals surface area contributed by atoms with Crippen molar-refractivity contribution in [1.82, 2.24) is 4.98 Å². The second kappa shape index (κ2) is 3.84. The number of rotatable bonds is 4. The summed E-state index contributed by atoms with van der Waals surface area (Å²) in [5, 5.41) is 4.61. The van der Waals surface area contributed by atoms with Gasteiger partial charge in [0.15, 0.2) is 12.0 Å². The summed E-state index contributed by atoms with van der Waals surface area (Å²) >= 11 is 0. The van der Waals surface area contributed by atoms with Gasteiger partial charge in [-0.05, 0) is 18.9 Å². The lowest BCUT2D eigenvalue weighted by Gasteiger charge is -2.10. The van der Waals surface area contributed by atoms with E-state index in [4.69, 9.17) is 9.88 Å². The van der Waals surface area contributed by atoms with Crippen LogP contribution >= 0.6 is 0 Å². The van der Waals surface area contributed by atoms with Gasteiger partial charge in [-0.15, -0.1) is 0 Å². The van der Waals surface area contributed by atoms with Crippen molar-refractivity contribution in [1.29, 1.82) is 0 Å². The number of aldehydes is 1. The number of sulfonamides is 1. The predicted octanol–water partition coefficient (Wildman–Crippen LogP) is 0.0827. The fraction of sp³-hybridized carbons (Fsp3) is 0.333. The highest BCUT2D eigenvalue weighted by molar-refractivity contribution is 7.89. The molecule has 0 aromatic carbocycles. The molecule has 2 N–H and O–H groups in total. The molecule has 0 bridgehead atoms. The number of nitrogens with zero attached hydrogens (tertiary/aromatic N) is 1. The van der Waals surface area contributed by atoms with Crippen LogP contribution in [-0.2, 0) is 10.0 Å². The summed E-state index contributed by atoms with van der Waals surface area (Å²) in [5.41, 5.74) is 0.144. The smallest absolute Gasteiger partial charge is 0.259 e. The molecule has 1 saturated carbocycles. The number of pyridine rings is 1. The molecule has 2 rings (SSSR count). The first-order valence-electron chi connectivity index (χ1n) is 4.66. The van der Waals surface area contributed by atoms with Crippen molar-refractivity contribution in [2.24, 2.45) is 5.14 Å². The molecule has 6 nitrogen and oxygen atoms in total. The third-order valence-corrected chi connectivity index (χ3v) is 2.94. The lowest BCUT2D eigenvalue weighted by Crippen LogP contribution is -2.17. The van der Waals surface area contributed by atoms with Gasteiger partial charge in [0.25, 0.3) is 10.0 Å². The molecule has 0 spiro atoms. The Morgan fingerprint density at radius 3 is 2.69 bits per heavy atom. The number of carbonyl (C=O) groups is 1. The van der Waals surface area contributed by atoms with Crippen molar-refractivity contribution >= 4 is 16.3 Å². The van der Waals surface area contributed by atoms with Gasteiger partial charge in [0, 0.05) is 6.20 Å². The van der Waals surface area contributed by atoms with E-state index in [1.807, 2.05) is 0 Å². The third kappa shape index (κ3) is 2.20. The highest BCUT2D eigenvalue weighted by atomic mass is 32.2. The average molecular weight is 242 g/mol. The van der Waals surface area contributed by atoms with E-state index in [-0.39, 0.29) is 22.4 Å². The monoisotopic (exact) mass is 242 g/mol. The van der Waals surface area contributed by atoms with Gasteiger partial charge >= 0.3 is 0 Å². The molecule has 0 amide bonds. The Bertz CT molecular complexity index is 522. The molecule has 0 saturated heterocycles. The van der Waals surface area contributed by atoms with Gasteiger partial charge in [-0.2, -0.15) is 0 Å². The Balaban J connectivity index is 2.53. The molecular weight excluding hydrogens is 232 g/mol. The number of hydrogen-bond acceptors (Lipinski definition) is 5. The van der Waals surface area contributed by atoms with Crippen molar-refractivity contribution in [2.45, 2.75) is 24.0 Å². The Kier molecular flexibility index (Phi) is 2.64. The summed E-state index contributed by atoms with van der Waals surface area (Å²) in [6, 6.07) is 1.39. The minimum atomic E-state index is -3.98. The molecule has 1 aliphatic carbocycles. The van der Waals surface area contributed by atoms with Crippen molar-refractivity contribution in [2.75, 3.05) is 0 Å². The fourth-order valence-corrected chi connectivity index (χ4v) is 1.84. The average Bonchev–Trinajstić information content (AvgIpc) is 3.00. The molecule has 0 radical (unpaired) electrons. The quantitative estimate of drug-likeness (QED) is 0.754. The van der Waals surface area contributed by atoms with Gasteiger partial charge in [0.2, 0.25) is 5.03 Å². The van der Waals surface area contributed by atoms with E-state index in [1.54, 1.807) is 0 Å². The predicted molar refractivity (Wildman–Crippen MR) is 54.6 cm³/mol. The zero-order valence-corrected chi connectivity index (χ0v) is 9.11. The number of carbonyl (C=O) groups excluding carboxylic acids is 1. The first-order valence-corrected chi connectivity index (χ1v) is 6.20. The summed E-state index contributed by atoms with van der Waals surface area (Å²) in [7, 11) is -3.98. The lowest BCUT2D eigenvalue weighted by molar-refractivity contribution is 0.111. The van der Waals surface area contributed by atoms with E-state index in [9.17, 15) is 13.2 Å². The van der Waals surface area contributed by atoms with Crippen LogP contribution in [0.5, 0.6) is 5.75 Å².